The third-order valence-corrected chi connectivity index (χ3v) is 3.95. The fourth-order valence-corrected chi connectivity index (χ4v) is 2.60. The van der Waals surface area contributed by atoms with Crippen LogP contribution in [0.3, 0.4) is 0 Å². The molecule has 0 aliphatic carbocycles. The van der Waals surface area contributed by atoms with Gasteiger partial charge in [0.2, 0.25) is 5.91 Å². The highest BCUT2D eigenvalue weighted by molar-refractivity contribution is 5.76. The molecule has 1 N–H and O–H groups in total. The Bertz CT molecular complexity index is 421. The van der Waals surface area contributed by atoms with Gasteiger partial charge in [0.05, 0.1) is 18.6 Å². The van der Waals surface area contributed by atoms with Crippen molar-refractivity contribution in [3.63, 3.8) is 0 Å². The van der Waals surface area contributed by atoms with Crippen LogP contribution in [-0.4, -0.2) is 65.1 Å². The molecular weight excluding hydrogens is 256 g/mol. The van der Waals surface area contributed by atoms with Crippen molar-refractivity contribution in [2.75, 3.05) is 33.3 Å². The third kappa shape index (κ3) is 3.37. The van der Waals surface area contributed by atoms with Gasteiger partial charge in [-0.2, -0.15) is 0 Å². The van der Waals surface area contributed by atoms with E-state index in [9.17, 15) is 4.79 Å². The van der Waals surface area contributed by atoms with E-state index in [2.05, 4.69) is 21.8 Å². The molecule has 2 rings (SSSR count). The van der Waals surface area contributed by atoms with Crippen LogP contribution in [-0.2, 0) is 9.53 Å². The molecule has 1 aromatic rings. The maximum atomic E-state index is 12.3. The number of likely N-dealkylation sites (N-methyl/N-ethyl adjacent to an activating group) is 1. The van der Waals surface area contributed by atoms with Crippen LogP contribution < -0.4 is 0 Å². The van der Waals surface area contributed by atoms with E-state index < -0.39 is 0 Å². The minimum Gasteiger partial charge on any atom is -0.381 e. The van der Waals surface area contributed by atoms with Crippen molar-refractivity contribution in [2.24, 2.45) is 0 Å². The van der Waals surface area contributed by atoms with Gasteiger partial charge < -0.3 is 14.6 Å². The molecule has 0 unspecified atom stereocenters. The van der Waals surface area contributed by atoms with E-state index in [4.69, 9.17) is 4.74 Å². The van der Waals surface area contributed by atoms with Crippen molar-refractivity contribution in [2.45, 2.75) is 32.4 Å². The van der Waals surface area contributed by atoms with E-state index in [0.717, 1.165) is 25.5 Å². The van der Waals surface area contributed by atoms with Crippen molar-refractivity contribution < 1.29 is 9.53 Å². The maximum absolute atomic E-state index is 12.3. The van der Waals surface area contributed by atoms with Crippen LogP contribution in [0.15, 0.2) is 12.4 Å². The zero-order chi connectivity index (χ0) is 14.5. The number of imidazole rings is 1. The summed E-state index contributed by atoms with van der Waals surface area (Å²) in [6.07, 6.45) is 4.00. The Morgan fingerprint density at radius 1 is 1.60 bits per heavy atom. The number of methoxy groups -OCH3 is 1. The van der Waals surface area contributed by atoms with Crippen LogP contribution >= 0.6 is 0 Å². The van der Waals surface area contributed by atoms with Crippen molar-refractivity contribution >= 4 is 5.91 Å². The van der Waals surface area contributed by atoms with Crippen LogP contribution in [0, 0.1) is 0 Å². The summed E-state index contributed by atoms with van der Waals surface area (Å²) in [6, 6.07) is 0.158. The van der Waals surface area contributed by atoms with Gasteiger partial charge in [-0.3, -0.25) is 9.69 Å². The average Bonchev–Trinajstić information content (AvgIpc) is 3.00. The fraction of sp³-hybridized carbons (Fsp3) is 0.714. The van der Waals surface area contributed by atoms with Gasteiger partial charge in [-0.25, -0.2) is 4.98 Å². The molecular formula is C14H24N4O2. The summed E-state index contributed by atoms with van der Waals surface area (Å²) in [5.74, 6) is 1.09. The summed E-state index contributed by atoms with van der Waals surface area (Å²) >= 11 is 0. The summed E-state index contributed by atoms with van der Waals surface area (Å²) < 4.78 is 5.18. The third-order valence-electron chi connectivity index (χ3n) is 3.95. The van der Waals surface area contributed by atoms with Crippen LogP contribution in [0.4, 0.5) is 0 Å². The molecule has 6 nitrogen and oxygen atoms in total. The van der Waals surface area contributed by atoms with Crippen molar-refractivity contribution in [1.82, 2.24) is 19.8 Å². The molecule has 1 saturated heterocycles. The van der Waals surface area contributed by atoms with E-state index in [0.29, 0.717) is 13.0 Å². The number of H-pyrrole nitrogens is 1. The van der Waals surface area contributed by atoms with Gasteiger partial charge in [-0.1, -0.05) is 6.92 Å². The Hall–Kier alpha value is -1.40. The number of rotatable bonds is 5. The lowest BCUT2D eigenvalue weighted by Gasteiger charge is -2.40. The summed E-state index contributed by atoms with van der Waals surface area (Å²) in [6.45, 7) is 7.37. The van der Waals surface area contributed by atoms with Crippen LogP contribution in [0.5, 0.6) is 0 Å². The minimum atomic E-state index is -0.0335. The molecule has 0 saturated carbocycles. The predicted octanol–water partition coefficient (Wildman–Crippen LogP) is 1.04. The molecule has 1 aromatic heterocycles. The number of aromatic nitrogens is 2. The molecule has 2 atom stereocenters. The Morgan fingerprint density at radius 2 is 2.40 bits per heavy atom. The van der Waals surface area contributed by atoms with Gasteiger partial charge in [0.25, 0.3) is 0 Å². The van der Waals surface area contributed by atoms with E-state index in [1.165, 1.54) is 0 Å². The number of nitrogens with zero attached hydrogens (tertiary/aromatic N) is 3. The number of ether oxygens (including phenoxy) is 1. The molecule has 0 spiro atoms. The normalized spacial score (nSPS) is 21.9. The second-order valence-corrected chi connectivity index (χ2v) is 5.21. The lowest BCUT2D eigenvalue weighted by molar-refractivity contribution is -0.136. The Labute approximate surface area is 120 Å². The smallest absolute Gasteiger partial charge is 0.225 e. The lowest BCUT2D eigenvalue weighted by Crippen LogP contribution is -2.51. The molecule has 1 amide bonds. The van der Waals surface area contributed by atoms with Crippen molar-refractivity contribution in [3.05, 3.63) is 18.2 Å². The first-order valence-electron chi connectivity index (χ1n) is 7.19. The van der Waals surface area contributed by atoms with E-state index in [-0.39, 0.29) is 18.1 Å². The summed E-state index contributed by atoms with van der Waals surface area (Å²) in [5.41, 5.74) is 0. The van der Waals surface area contributed by atoms with E-state index >= 15 is 0 Å². The molecule has 6 heteroatoms. The topological polar surface area (TPSA) is 61.5 Å². The first kappa shape index (κ1) is 15.0. The van der Waals surface area contributed by atoms with Gasteiger partial charge in [0, 0.05) is 39.1 Å². The zero-order valence-corrected chi connectivity index (χ0v) is 12.5. The Balaban J connectivity index is 2.02. The second kappa shape index (κ2) is 6.85. The minimum absolute atomic E-state index is 0.0335. The van der Waals surface area contributed by atoms with Crippen LogP contribution in [0.2, 0.25) is 0 Å². The molecule has 0 bridgehead atoms. The van der Waals surface area contributed by atoms with Crippen LogP contribution in [0.1, 0.15) is 32.1 Å². The highest BCUT2D eigenvalue weighted by Gasteiger charge is 2.31. The monoisotopic (exact) mass is 280 g/mol. The molecule has 1 fully saturated rings. The number of hydrogen-bond donors (Lipinski definition) is 1. The number of hydrogen-bond acceptors (Lipinski definition) is 4. The number of amides is 1. The van der Waals surface area contributed by atoms with E-state index in [1.54, 1.807) is 13.3 Å². The molecule has 0 radical (unpaired) electrons. The van der Waals surface area contributed by atoms with E-state index in [1.807, 2.05) is 18.0 Å². The van der Waals surface area contributed by atoms with Gasteiger partial charge in [0.1, 0.15) is 5.82 Å². The average molecular weight is 280 g/mol. The molecule has 112 valence electrons. The van der Waals surface area contributed by atoms with Gasteiger partial charge in [0.15, 0.2) is 0 Å². The number of piperazine rings is 1. The highest BCUT2D eigenvalue weighted by atomic mass is 16.5. The second-order valence-electron chi connectivity index (χ2n) is 5.21. The quantitative estimate of drug-likeness (QED) is 0.875. The highest BCUT2D eigenvalue weighted by Crippen LogP contribution is 2.23. The molecule has 1 aliphatic heterocycles. The van der Waals surface area contributed by atoms with Gasteiger partial charge in [-0.05, 0) is 13.5 Å². The maximum Gasteiger partial charge on any atom is 0.225 e. The van der Waals surface area contributed by atoms with Crippen LogP contribution in [0.25, 0.3) is 0 Å². The molecule has 1 aliphatic rings. The zero-order valence-electron chi connectivity index (χ0n) is 12.5. The summed E-state index contributed by atoms with van der Waals surface area (Å²) in [7, 11) is 1.64. The SMILES string of the molecule is CCN1CCN(C(=O)C[C@H](C)OC)C[C@@H]1c1ncc[nH]1. The Kier molecular flexibility index (Phi) is 5.14. The molecule has 20 heavy (non-hydrogen) atoms. The summed E-state index contributed by atoms with van der Waals surface area (Å²) in [4.78, 5) is 24.1. The van der Waals surface area contributed by atoms with Crippen molar-refractivity contribution in [1.29, 1.82) is 0 Å². The number of nitrogens with one attached hydrogen (secondary N) is 1. The Morgan fingerprint density at radius 3 is 3.00 bits per heavy atom. The number of carbonyl (C=O) groups excluding carboxylic acids is 1. The van der Waals surface area contributed by atoms with Gasteiger partial charge in [-0.15, -0.1) is 0 Å². The number of aromatic amines is 1. The predicted molar refractivity (Wildman–Crippen MR) is 76.2 cm³/mol. The molecule has 2 heterocycles. The first-order valence-corrected chi connectivity index (χ1v) is 7.19. The first-order chi connectivity index (χ1) is 9.65. The summed E-state index contributed by atoms with van der Waals surface area (Å²) in [5, 5.41) is 0. The number of carbonyl (C=O) groups is 1. The van der Waals surface area contributed by atoms with Gasteiger partial charge >= 0.3 is 0 Å². The molecule has 0 aromatic carbocycles. The fourth-order valence-electron chi connectivity index (χ4n) is 2.60. The largest absolute Gasteiger partial charge is 0.381 e. The lowest BCUT2D eigenvalue weighted by atomic mass is 10.1. The standard InChI is InChI=1S/C14H24N4O2/c1-4-17-7-8-18(13(19)9-11(2)20-3)10-12(17)14-15-5-6-16-14/h5-6,11-12H,4,7-10H2,1-3H3,(H,15,16)/t11-,12+/m0/s1. The van der Waals surface area contributed by atoms with Crippen molar-refractivity contribution in [3.8, 4) is 0 Å².